The van der Waals surface area contributed by atoms with E-state index in [9.17, 15) is 24.6 Å². The van der Waals surface area contributed by atoms with Crippen molar-refractivity contribution in [1.82, 2.24) is 0 Å². The van der Waals surface area contributed by atoms with Crippen LogP contribution in [0.3, 0.4) is 0 Å². The number of carboxylic acid groups (broad SMARTS) is 3. The summed E-state index contributed by atoms with van der Waals surface area (Å²) < 4.78 is 10.9. The van der Waals surface area contributed by atoms with Crippen LogP contribution >= 0.6 is 0 Å². The molecule has 0 aliphatic carbocycles. The monoisotopic (exact) mass is 534 g/mol. The van der Waals surface area contributed by atoms with E-state index in [-0.39, 0.29) is 13.0 Å². The summed E-state index contributed by atoms with van der Waals surface area (Å²) in [6.07, 6.45) is 13.2. The van der Waals surface area contributed by atoms with E-state index in [0.717, 1.165) is 25.7 Å². The third-order valence-electron chi connectivity index (χ3n) is 6.35. The van der Waals surface area contributed by atoms with Gasteiger partial charge in [0.2, 0.25) is 0 Å². The Bertz CT molecular complexity index is 594. The average Bonchev–Trinajstić information content (AvgIpc) is 2.83. The van der Waals surface area contributed by atoms with Gasteiger partial charge in [-0.3, -0.25) is 9.59 Å². The molecular weight excluding hydrogens is 484 g/mol. The lowest BCUT2D eigenvalue weighted by Gasteiger charge is -2.31. The minimum atomic E-state index is -2.51. The van der Waals surface area contributed by atoms with Crippen molar-refractivity contribution in [3.8, 4) is 0 Å². The van der Waals surface area contributed by atoms with Crippen LogP contribution in [0.25, 0.3) is 0 Å². The first-order chi connectivity index (χ1) is 17.7. The first kappa shape index (κ1) is 35.2. The van der Waals surface area contributed by atoms with Gasteiger partial charge in [-0.2, -0.15) is 0 Å². The Morgan fingerprint density at radius 1 is 0.703 bits per heavy atom. The zero-order chi connectivity index (χ0) is 27.9. The normalized spacial score (nSPS) is 13.4. The molecule has 218 valence electrons. The van der Waals surface area contributed by atoms with Crippen LogP contribution in [0.5, 0.6) is 0 Å². The largest absolute Gasteiger partial charge is 0.481 e. The summed E-state index contributed by atoms with van der Waals surface area (Å²) in [6, 6.07) is 0. The van der Waals surface area contributed by atoms with Crippen molar-refractivity contribution in [2.75, 3.05) is 13.2 Å². The molecule has 0 amide bonds. The Labute approximate surface area is 221 Å². The van der Waals surface area contributed by atoms with Gasteiger partial charge in [-0.05, 0) is 12.8 Å². The lowest BCUT2D eigenvalue weighted by atomic mass is 9.95. The first-order valence-corrected chi connectivity index (χ1v) is 13.9. The topological polar surface area (TPSA) is 171 Å². The number of aliphatic hydroxyl groups excluding tert-OH is 2. The summed E-state index contributed by atoms with van der Waals surface area (Å²) >= 11 is 0. The highest BCUT2D eigenvalue weighted by Crippen LogP contribution is 2.27. The number of unbranched alkanes of at least 4 members (excludes halogenated alkanes) is 14. The average molecular weight is 535 g/mol. The molecule has 0 aromatic carbocycles. The summed E-state index contributed by atoms with van der Waals surface area (Å²) in [6.45, 7) is 1.28. The fourth-order valence-corrected chi connectivity index (χ4v) is 4.22. The second kappa shape index (κ2) is 22.3. The van der Waals surface area contributed by atoms with Crippen molar-refractivity contribution in [2.45, 2.75) is 140 Å². The second-order valence-electron chi connectivity index (χ2n) is 9.90. The minimum Gasteiger partial charge on any atom is -0.481 e. The Kier molecular flexibility index (Phi) is 21.2. The molecule has 2 atom stereocenters. The van der Waals surface area contributed by atoms with Crippen molar-refractivity contribution in [2.24, 2.45) is 0 Å². The molecule has 0 fully saturated rings. The highest BCUT2D eigenvalue weighted by Gasteiger charge is 2.46. The third-order valence-corrected chi connectivity index (χ3v) is 6.35. The van der Waals surface area contributed by atoms with Crippen LogP contribution in [0.1, 0.15) is 122 Å². The predicted molar refractivity (Wildman–Crippen MR) is 138 cm³/mol. The SMILES string of the molecule is CCCCCCCCCCCCCCCCCC(OCC(O)CO)OC(CC(=O)O)(CC(=O)O)C(=O)O. The Morgan fingerprint density at radius 3 is 1.46 bits per heavy atom. The third kappa shape index (κ3) is 19.0. The Balaban J connectivity index is 4.44. The fraction of sp³-hybridized carbons (Fsp3) is 0.889. The van der Waals surface area contributed by atoms with E-state index in [1.165, 1.54) is 64.2 Å². The summed E-state index contributed by atoms with van der Waals surface area (Å²) in [5.41, 5.74) is -2.51. The van der Waals surface area contributed by atoms with E-state index in [4.69, 9.17) is 24.8 Å². The van der Waals surface area contributed by atoms with Gasteiger partial charge in [0.25, 0.3) is 0 Å². The van der Waals surface area contributed by atoms with Gasteiger partial charge in [-0.25, -0.2) is 4.79 Å². The molecule has 0 saturated carbocycles. The van der Waals surface area contributed by atoms with Gasteiger partial charge in [0.15, 0.2) is 11.9 Å². The smallest absolute Gasteiger partial charge is 0.337 e. The van der Waals surface area contributed by atoms with Crippen molar-refractivity contribution < 1.29 is 49.4 Å². The Morgan fingerprint density at radius 2 is 1.11 bits per heavy atom. The number of rotatable bonds is 27. The van der Waals surface area contributed by atoms with Crippen molar-refractivity contribution in [1.29, 1.82) is 0 Å². The number of ether oxygens (including phenoxy) is 2. The quantitative estimate of drug-likeness (QED) is 0.0732. The van der Waals surface area contributed by atoms with E-state index in [0.29, 0.717) is 6.42 Å². The lowest BCUT2D eigenvalue weighted by Crippen LogP contribution is -2.48. The van der Waals surface area contributed by atoms with Crippen LogP contribution in [0.4, 0.5) is 0 Å². The van der Waals surface area contributed by atoms with Gasteiger partial charge in [-0.15, -0.1) is 0 Å². The van der Waals surface area contributed by atoms with Crippen LogP contribution in [-0.4, -0.2) is 74.6 Å². The first-order valence-electron chi connectivity index (χ1n) is 13.9. The van der Waals surface area contributed by atoms with E-state index >= 15 is 0 Å². The zero-order valence-corrected chi connectivity index (χ0v) is 22.6. The highest BCUT2D eigenvalue weighted by molar-refractivity contribution is 5.88. The molecule has 0 heterocycles. The van der Waals surface area contributed by atoms with Crippen LogP contribution in [0.2, 0.25) is 0 Å². The number of hydrogen-bond donors (Lipinski definition) is 5. The van der Waals surface area contributed by atoms with Gasteiger partial charge in [0.1, 0.15) is 6.10 Å². The molecule has 10 nitrogen and oxygen atoms in total. The Hall–Kier alpha value is -1.75. The maximum Gasteiger partial charge on any atom is 0.337 e. The number of aliphatic carboxylic acids is 3. The summed E-state index contributed by atoms with van der Waals surface area (Å²) in [5.74, 6) is -4.76. The summed E-state index contributed by atoms with van der Waals surface area (Å²) in [4.78, 5) is 34.3. The molecule has 0 aliphatic heterocycles. The molecule has 0 aliphatic rings. The van der Waals surface area contributed by atoms with E-state index in [1.54, 1.807) is 0 Å². The van der Waals surface area contributed by atoms with Gasteiger partial charge in [0, 0.05) is 0 Å². The molecule has 5 N–H and O–H groups in total. The van der Waals surface area contributed by atoms with Crippen molar-refractivity contribution >= 4 is 17.9 Å². The van der Waals surface area contributed by atoms with E-state index < -0.39 is 55.4 Å². The lowest BCUT2D eigenvalue weighted by molar-refractivity contribution is -0.235. The standard InChI is InChI=1S/C27H50O10/c1-2-3-4-5-6-7-8-9-10-11-12-13-14-15-16-17-25(36-21-22(29)20-28)37-27(26(34)35,18-23(30)31)19-24(32)33/h22,25,28-29H,2-21H2,1H3,(H,30,31)(H,32,33)(H,34,35). The molecule has 37 heavy (non-hydrogen) atoms. The molecule has 0 rings (SSSR count). The van der Waals surface area contributed by atoms with Gasteiger partial charge >= 0.3 is 17.9 Å². The van der Waals surface area contributed by atoms with E-state index in [2.05, 4.69) is 6.92 Å². The number of aliphatic hydroxyl groups is 2. The molecule has 0 bridgehead atoms. The summed E-state index contributed by atoms with van der Waals surface area (Å²) in [7, 11) is 0. The van der Waals surface area contributed by atoms with Gasteiger partial charge in [-0.1, -0.05) is 96.8 Å². The predicted octanol–water partition coefficient (Wildman–Crippen LogP) is 4.73. The highest BCUT2D eigenvalue weighted by atomic mass is 16.7. The van der Waals surface area contributed by atoms with E-state index in [1.807, 2.05) is 0 Å². The van der Waals surface area contributed by atoms with Crippen LogP contribution < -0.4 is 0 Å². The minimum absolute atomic E-state index is 0.199. The molecule has 2 unspecified atom stereocenters. The van der Waals surface area contributed by atoms with Crippen molar-refractivity contribution in [3.63, 3.8) is 0 Å². The molecule has 0 saturated heterocycles. The fourth-order valence-electron chi connectivity index (χ4n) is 4.22. The van der Waals surface area contributed by atoms with Crippen LogP contribution in [-0.2, 0) is 23.9 Å². The molecule has 0 aromatic rings. The number of carboxylic acids is 3. The second-order valence-corrected chi connectivity index (χ2v) is 9.90. The number of hydrogen-bond acceptors (Lipinski definition) is 7. The maximum absolute atomic E-state index is 11.8. The molecule has 0 spiro atoms. The van der Waals surface area contributed by atoms with Gasteiger partial charge in [0.05, 0.1) is 26.1 Å². The molecular formula is C27H50O10. The van der Waals surface area contributed by atoms with Crippen molar-refractivity contribution in [3.05, 3.63) is 0 Å². The van der Waals surface area contributed by atoms with Crippen LogP contribution in [0.15, 0.2) is 0 Å². The van der Waals surface area contributed by atoms with Crippen LogP contribution in [0, 0.1) is 0 Å². The van der Waals surface area contributed by atoms with Gasteiger partial charge < -0.3 is 35.0 Å². The number of carbonyl (C=O) groups is 3. The molecule has 0 radical (unpaired) electrons. The maximum atomic E-state index is 11.8. The summed E-state index contributed by atoms with van der Waals surface area (Å²) in [5, 5.41) is 46.5. The molecule has 0 aromatic heterocycles. The molecule has 10 heteroatoms. The zero-order valence-electron chi connectivity index (χ0n) is 22.6.